The Morgan fingerprint density at radius 1 is 1.24 bits per heavy atom. The lowest BCUT2D eigenvalue weighted by Gasteiger charge is -2.22. The second-order valence-corrected chi connectivity index (χ2v) is 5.88. The van der Waals surface area contributed by atoms with Crippen molar-refractivity contribution in [1.82, 2.24) is 5.32 Å². The fourth-order valence-electron chi connectivity index (χ4n) is 1.42. The van der Waals surface area contributed by atoms with Gasteiger partial charge in [-0.3, -0.25) is 4.79 Å². The molecule has 1 aromatic carbocycles. The van der Waals surface area contributed by atoms with Crippen molar-refractivity contribution in [2.75, 3.05) is 0 Å². The molecule has 4 nitrogen and oxygen atoms in total. The Morgan fingerprint density at radius 2 is 1.81 bits per heavy atom. The van der Waals surface area contributed by atoms with Gasteiger partial charge in [-0.05, 0) is 39.8 Å². The number of esters is 1. The van der Waals surface area contributed by atoms with E-state index in [1.165, 1.54) is 6.92 Å². The lowest BCUT2D eigenvalue weighted by atomic mass is 10.1. The van der Waals surface area contributed by atoms with Gasteiger partial charge in [0.2, 0.25) is 0 Å². The predicted octanol–water partition coefficient (Wildman–Crippen LogP) is 3.08. The molecule has 0 aliphatic carbocycles. The van der Waals surface area contributed by atoms with Gasteiger partial charge in [0.05, 0.1) is 10.6 Å². The summed E-state index contributed by atoms with van der Waals surface area (Å²) in [4.78, 5) is 23.5. The van der Waals surface area contributed by atoms with Crippen LogP contribution in [0.4, 0.5) is 8.78 Å². The Bertz CT molecular complexity index is 570. The van der Waals surface area contributed by atoms with Crippen LogP contribution in [0.2, 0.25) is 5.02 Å². The highest BCUT2D eigenvalue weighted by atomic mass is 35.5. The molecule has 1 N–H and O–H groups in total. The summed E-state index contributed by atoms with van der Waals surface area (Å²) in [5.74, 6) is -3.50. The first kappa shape index (κ1) is 17.4. The van der Waals surface area contributed by atoms with Crippen molar-refractivity contribution in [3.05, 3.63) is 34.4 Å². The van der Waals surface area contributed by atoms with Crippen LogP contribution in [0.1, 0.15) is 38.1 Å². The Morgan fingerprint density at radius 3 is 2.33 bits per heavy atom. The van der Waals surface area contributed by atoms with Crippen molar-refractivity contribution in [1.29, 1.82) is 0 Å². The van der Waals surface area contributed by atoms with Crippen molar-refractivity contribution in [2.45, 2.75) is 39.3 Å². The first-order chi connectivity index (χ1) is 9.51. The van der Waals surface area contributed by atoms with Crippen molar-refractivity contribution >= 4 is 23.5 Å². The third-order valence-electron chi connectivity index (χ3n) is 2.36. The van der Waals surface area contributed by atoms with E-state index in [0.717, 1.165) is 0 Å². The Balaban J connectivity index is 2.82. The SMILES string of the molecule is C[C@@H](NC(=O)c1cc(F)c(Cl)cc1F)C(=O)OC(C)(C)C. The normalized spacial score (nSPS) is 12.7. The van der Waals surface area contributed by atoms with Gasteiger partial charge in [-0.1, -0.05) is 11.6 Å². The van der Waals surface area contributed by atoms with E-state index in [0.29, 0.717) is 12.1 Å². The van der Waals surface area contributed by atoms with Crippen molar-refractivity contribution in [3.63, 3.8) is 0 Å². The minimum absolute atomic E-state index is 0.427. The van der Waals surface area contributed by atoms with Gasteiger partial charge in [0.1, 0.15) is 23.3 Å². The molecule has 116 valence electrons. The number of halogens is 3. The summed E-state index contributed by atoms with van der Waals surface area (Å²) in [5.41, 5.74) is -1.25. The Labute approximate surface area is 126 Å². The molecule has 21 heavy (non-hydrogen) atoms. The molecule has 1 amide bonds. The number of ether oxygens (including phenoxy) is 1. The second-order valence-electron chi connectivity index (χ2n) is 5.47. The van der Waals surface area contributed by atoms with Gasteiger partial charge < -0.3 is 10.1 Å². The van der Waals surface area contributed by atoms with Crippen LogP contribution in [0.3, 0.4) is 0 Å². The first-order valence-electron chi connectivity index (χ1n) is 6.19. The molecule has 0 spiro atoms. The fourth-order valence-corrected chi connectivity index (χ4v) is 1.57. The number of hydrogen-bond acceptors (Lipinski definition) is 3. The van der Waals surface area contributed by atoms with E-state index in [1.54, 1.807) is 20.8 Å². The summed E-state index contributed by atoms with van der Waals surface area (Å²) in [7, 11) is 0. The van der Waals surface area contributed by atoms with E-state index >= 15 is 0 Å². The molecular weight excluding hydrogens is 304 g/mol. The third-order valence-corrected chi connectivity index (χ3v) is 2.65. The summed E-state index contributed by atoms with van der Waals surface area (Å²) in [6.45, 7) is 6.41. The number of rotatable bonds is 3. The molecule has 0 saturated carbocycles. The topological polar surface area (TPSA) is 55.4 Å². The highest BCUT2D eigenvalue weighted by Crippen LogP contribution is 2.19. The maximum atomic E-state index is 13.6. The van der Waals surface area contributed by atoms with Crippen LogP contribution in [0.5, 0.6) is 0 Å². The smallest absolute Gasteiger partial charge is 0.328 e. The average Bonchev–Trinajstić information content (AvgIpc) is 2.31. The van der Waals surface area contributed by atoms with Crippen molar-refractivity contribution < 1.29 is 23.1 Å². The van der Waals surface area contributed by atoms with Crippen molar-refractivity contribution in [2.24, 2.45) is 0 Å². The molecular formula is C14H16ClF2NO3. The second kappa shape index (κ2) is 6.39. The Hall–Kier alpha value is -1.69. The Kier molecular flexibility index (Phi) is 5.28. The molecule has 1 atom stereocenters. The quantitative estimate of drug-likeness (QED) is 0.688. The van der Waals surface area contributed by atoms with Crippen molar-refractivity contribution in [3.8, 4) is 0 Å². The van der Waals surface area contributed by atoms with Crippen LogP contribution in [0.15, 0.2) is 12.1 Å². The van der Waals surface area contributed by atoms with E-state index in [1.807, 2.05) is 0 Å². The van der Waals surface area contributed by atoms with Gasteiger partial charge in [0, 0.05) is 0 Å². The molecule has 0 saturated heterocycles. The van der Waals surface area contributed by atoms with E-state index in [4.69, 9.17) is 16.3 Å². The lowest BCUT2D eigenvalue weighted by Crippen LogP contribution is -2.42. The zero-order chi connectivity index (χ0) is 16.4. The molecule has 0 radical (unpaired) electrons. The monoisotopic (exact) mass is 319 g/mol. The molecule has 0 heterocycles. The lowest BCUT2D eigenvalue weighted by molar-refractivity contribution is -0.156. The van der Waals surface area contributed by atoms with Crippen LogP contribution in [-0.2, 0) is 9.53 Å². The maximum Gasteiger partial charge on any atom is 0.328 e. The van der Waals surface area contributed by atoms with Gasteiger partial charge in [0.15, 0.2) is 0 Å². The largest absolute Gasteiger partial charge is 0.458 e. The van der Waals surface area contributed by atoms with Crippen LogP contribution in [-0.4, -0.2) is 23.5 Å². The molecule has 0 aliphatic rings. The van der Waals surface area contributed by atoms with E-state index in [9.17, 15) is 18.4 Å². The summed E-state index contributed by atoms with van der Waals surface area (Å²) in [6, 6.07) is 0.369. The van der Waals surface area contributed by atoms with Gasteiger partial charge in [-0.15, -0.1) is 0 Å². The maximum absolute atomic E-state index is 13.6. The number of benzene rings is 1. The van der Waals surface area contributed by atoms with Crippen LogP contribution < -0.4 is 5.32 Å². The van der Waals surface area contributed by atoms with Crippen LogP contribution in [0.25, 0.3) is 0 Å². The number of hydrogen-bond donors (Lipinski definition) is 1. The zero-order valence-corrected chi connectivity index (χ0v) is 12.8. The molecule has 0 bridgehead atoms. The van der Waals surface area contributed by atoms with Gasteiger partial charge >= 0.3 is 5.97 Å². The van der Waals surface area contributed by atoms with Gasteiger partial charge in [-0.2, -0.15) is 0 Å². The number of nitrogens with one attached hydrogen (secondary N) is 1. The molecule has 0 unspecified atom stereocenters. The molecule has 0 aliphatic heterocycles. The van der Waals surface area contributed by atoms with E-state index in [2.05, 4.69) is 5.32 Å². The molecule has 0 aromatic heterocycles. The first-order valence-corrected chi connectivity index (χ1v) is 6.57. The summed E-state index contributed by atoms with van der Waals surface area (Å²) < 4.78 is 31.9. The number of amides is 1. The minimum Gasteiger partial charge on any atom is -0.458 e. The fraction of sp³-hybridized carbons (Fsp3) is 0.429. The minimum atomic E-state index is -1.00. The van der Waals surface area contributed by atoms with E-state index in [-0.39, 0.29) is 0 Å². The molecule has 1 rings (SSSR count). The summed E-state index contributed by atoms with van der Waals surface area (Å²) in [6.07, 6.45) is 0. The third kappa shape index (κ3) is 4.97. The van der Waals surface area contributed by atoms with E-state index < -0.39 is 45.7 Å². The highest BCUT2D eigenvalue weighted by molar-refractivity contribution is 6.30. The highest BCUT2D eigenvalue weighted by Gasteiger charge is 2.24. The van der Waals surface area contributed by atoms with Gasteiger partial charge in [-0.25, -0.2) is 13.6 Å². The van der Waals surface area contributed by atoms with Crippen LogP contribution in [0, 0.1) is 11.6 Å². The molecule has 7 heteroatoms. The molecule has 0 fully saturated rings. The number of carbonyl (C=O) groups excluding carboxylic acids is 2. The predicted molar refractivity (Wildman–Crippen MR) is 74.1 cm³/mol. The molecule has 1 aromatic rings. The average molecular weight is 320 g/mol. The van der Waals surface area contributed by atoms with Crippen LogP contribution >= 0.6 is 11.6 Å². The summed E-state index contributed by atoms with van der Waals surface area (Å²) >= 11 is 5.40. The van der Waals surface area contributed by atoms with Gasteiger partial charge in [0.25, 0.3) is 5.91 Å². The standard InChI is InChI=1S/C14H16ClF2NO3/c1-7(13(20)21-14(2,3)4)18-12(19)8-5-11(17)9(15)6-10(8)16/h5-7H,1-4H3,(H,18,19)/t7-/m1/s1. The number of carbonyl (C=O) groups is 2. The summed E-state index contributed by atoms with van der Waals surface area (Å²) in [5, 5.41) is 1.82. The zero-order valence-electron chi connectivity index (χ0n) is 12.1.